The van der Waals surface area contributed by atoms with Crippen molar-refractivity contribution in [3.05, 3.63) is 77.6 Å². The van der Waals surface area contributed by atoms with Gasteiger partial charge in [-0.1, -0.05) is 53.7 Å². The van der Waals surface area contributed by atoms with E-state index in [1.54, 1.807) is 0 Å². The van der Waals surface area contributed by atoms with Crippen molar-refractivity contribution < 1.29 is 19.1 Å². The first kappa shape index (κ1) is 24.7. The van der Waals surface area contributed by atoms with Gasteiger partial charge in [0.1, 0.15) is 12.4 Å². The smallest absolute Gasteiger partial charge is 0.247 e. The predicted molar refractivity (Wildman–Crippen MR) is 136 cm³/mol. The van der Waals surface area contributed by atoms with E-state index in [0.717, 1.165) is 24.1 Å². The number of hydrogen-bond donors (Lipinski definition) is 2. The minimum Gasteiger partial charge on any atom is -0.490 e. The molecule has 9 nitrogen and oxygen atoms in total. The molecule has 2 aromatic carbocycles. The second kappa shape index (κ2) is 10.5. The van der Waals surface area contributed by atoms with Crippen LogP contribution in [0.1, 0.15) is 59.8 Å². The van der Waals surface area contributed by atoms with E-state index >= 15 is 0 Å². The molecule has 0 radical (unpaired) electrons. The van der Waals surface area contributed by atoms with Crippen LogP contribution in [-0.2, 0) is 22.4 Å². The lowest BCUT2D eigenvalue weighted by molar-refractivity contribution is -0.136. The summed E-state index contributed by atoms with van der Waals surface area (Å²) in [6.45, 7) is 0.0228. The molecular formula is C28H31N5O4. The van der Waals surface area contributed by atoms with Gasteiger partial charge in [0.2, 0.25) is 11.8 Å². The molecule has 1 atom stereocenters. The number of Topliss-reactive ketones (excluding diaryl/α,β-unsaturated/α-hetero) is 1. The predicted octanol–water partition coefficient (Wildman–Crippen LogP) is 2.80. The highest BCUT2D eigenvalue weighted by atomic mass is 16.5. The highest BCUT2D eigenvalue weighted by Crippen LogP contribution is 2.34. The average molecular weight is 502 g/mol. The Hall–Kier alpha value is -4.01. The van der Waals surface area contributed by atoms with Crippen molar-refractivity contribution in [3.8, 4) is 5.75 Å². The normalized spacial score (nSPS) is 22.9. The third-order valence-corrected chi connectivity index (χ3v) is 7.48. The molecule has 3 N–H and O–H groups in total. The van der Waals surface area contributed by atoms with Crippen molar-refractivity contribution in [2.75, 3.05) is 6.61 Å². The van der Waals surface area contributed by atoms with Crippen LogP contribution in [-0.4, -0.2) is 44.7 Å². The van der Waals surface area contributed by atoms with E-state index in [9.17, 15) is 14.4 Å². The van der Waals surface area contributed by atoms with Crippen LogP contribution in [0.2, 0.25) is 0 Å². The Kier molecular flexibility index (Phi) is 7.03. The first-order chi connectivity index (χ1) is 17.9. The number of ketones is 1. The molecule has 0 bridgehead atoms. The number of amides is 2. The molecule has 37 heavy (non-hydrogen) atoms. The van der Waals surface area contributed by atoms with E-state index < -0.39 is 11.4 Å². The quantitative estimate of drug-likeness (QED) is 0.457. The van der Waals surface area contributed by atoms with Gasteiger partial charge in [0.05, 0.1) is 11.7 Å². The summed E-state index contributed by atoms with van der Waals surface area (Å²) >= 11 is 0. The number of aromatic nitrogens is 3. The maximum atomic E-state index is 13.2. The molecule has 2 amide bonds. The number of primary amides is 1. The van der Waals surface area contributed by atoms with Crippen LogP contribution >= 0.6 is 0 Å². The maximum Gasteiger partial charge on any atom is 0.247 e. The number of hydrogen-bond acceptors (Lipinski definition) is 6. The number of ether oxygens (including phenoxy) is 1. The van der Waals surface area contributed by atoms with E-state index in [4.69, 9.17) is 10.5 Å². The summed E-state index contributed by atoms with van der Waals surface area (Å²) < 4.78 is 7.63. The molecule has 0 saturated heterocycles. The molecule has 2 heterocycles. The molecule has 192 valence electrons. The van der Waals surface area contributed by atoms with E-state index in [1.165, 1.54) is 0 Å². The van der Waals surface area contributed by atoms with Crippen molar-refractivity contribution in [2.24, 2.45) is 11.7 Å². The number of fused-ring (bicyclic) bond motifs is 1. The van der Waals surface area contributed by atoms with Gasteiger partial charge in [-0.15, -0.1) is 5.10 Å². The van der Waals surface area contributed by atoms with Crippen molar-refractivity contribution in [3.63, 3.8) is 0 Å². The van der Waals surface area contributed by atoms with Crippen molar-refractivity contribution in [2.45, 2.75) is 56.5 Å². The van der Waals surface area contributed by atoms with Crippen LogP contribution in [0.4, 0.5) is 0 Å². The number of nitrogens with zero attached hydrogens (tertiary/aromatic N) is 3. The van der Waals surface area contributed by atoms with E-state index in [2.05, 4.69) is 15.6 Å². The Labute approximate surface area is 215 Å². The zero-order valence-electron chi connectivity index (χ0n) is 20.6. The minimum absolute atomic E-state index is 0.0228. The van der Waals surface area contributed by atoms with Gasteiger partial charge >= 0.3 is 0 Å². The molecule has 1 unspecified atom stereocenters. The topological polar surface area (TPSA) is 129 Å². The summed E-state index contributed by atoms with van der Waals surface area (Å²) in [4.78, 5) is 37.9. The number of carbonyl (C=O) groups is 3. The lowest BCUT2D eigenvalue weighted by Gasteiger charge is -2.37. The van der Waals surface area contributed by atoms with E-state index in [0.29, 0.717) is 43.4 Å². The summed E-state index contributed by atoms with van der Waals surface area (Å²) in [6.07, 6.45) is 6.02. The fourth-order valence-corrected chi connectivity index (χ4v) is 5.22. The van der Waals surface area contributed by atoms with Crippen molar-refractivity contribution in [1.29, 1.82) is 0 Å². The van der Waals surface area contributed by atoms with Crippen LogP contribution in [0.5, 0.6) is 5.75 Å². The van der Waals surface area contributed by atoms with Crippen LogP contribution in [0.25, 0.3) is 0 Å². The zero-order chi connectivity index (χ0) is 25.8. The van der Waals surface area contributed by atoms with E-state index in [1.807, 2.05) is 65.5 Å². The number of nitrogens with one attached hydrogen (secondary N) is 1. The Bertz CT molecular complexity index is 1280. The highest BCUT2D eigenvalue weighted by molar-refractivity contribution is 5.96. The summed E-state index contributed by atoms with van der Waals surface area (Å²) in [5.74, 6) is -0.173. The molecular weight excluding hydrogens is 470 g/mol. The number of nitrogens with two attached hydrogens (primary N) is 1. The van der Waals surface area contributed by atoms with Gasteiger partial charge in [-0.05, 0) is 37.3 Å². The minimum atomic E-state index is -1.25. The third-order valence-electron chi connectivity index (χ3n) is 7.48. The molecule has 1 saturated carbocycles. The second-order valence-electron chi connectivity index (χ2n) is 9.99. The van der Waals surface area contributed by atoms with Crippen molar-refractivity contribution in [1.82, 2.24) is 20.3 Å². The molecule has 9 heteroatoms. The van der Waals surface area contributed by atoms with Crippen LogP contribution in [0.15, 0.2) is 60.8 Å². The van der Waals surface area contributed by atoms with Gasteiger partial charge in [-0.2, -0.15) is 0 Å². The number of aryl methyl sites for hydroxylation is 1. The number of rotatable bonds is 8. The fourth-order valence-electron chi connectivity index (χ4n) is 5.22. The van der Waals surface area contributed by atoms with Crippen LogP contribution < -0.4 is 15.8 Å². The average Bonchev–Trinajstić information content (AvgIpc) is 3.41. The largest absolute Gasteiger partial charge is 0.490 e. The number of carbonyl (C=O) groups excluding carboxylic acids is 3. The number of para-hydroxylation sites is 1. The first-order valence-electron chi connectivity index (χ1n) is 12.7. The second-order valence-corrected chi connectivity index (χ2v) is 9.99. The summed E-state index contributed by atoms with van der Waals surface area (Å²) in [6, 6.07) is 16.9. The fraction of sp³-hybridized carbons (Fsp3) is 0.393. The summed E-state index contributed by atoms with van der Waals surface area (Å²) in [5.41, 5.74) is 6.83. The number of benzene rings is 2. The standard InChI is InChI=1S/C28H31N5O4/c29-27(36)28(16-21-8-4-5-9-25(21)37-18-28)30-26(35)20-10-13-23(14-11-20)33-17-22(31-32-33)12-15-24(34)19-6-2-1-3-7-19/h1-9,17,20,23H,10-16,18H2,(H2,29,36)(H,30,35). The Morgan fingerprint density at radius 2 is 1.76 bits per heavy atom. The van der Waals surface area contributed by atoms with Gasteiger partial charge in [-0.25, -0.2) is 4.68 Å². The first-order valence-corrected chi connectivity index (χ1v) is 12.7. The molecule has 3 aromatic rings. The maximum absolute atomic E-state index is 13.2. The molecule has 1 aliphatic heterocycles. The van der Waals surface area contributed by atoms with E-state index in [-0.39, 0.29) is 30.3 Å². The van der Waals surface area contributed by atoms with Gasteiger partial charge in [-0.3, -0.25) is 14.4 Å². The summed E-state index contributed by atoms with van der Waals surface area (Å²) in [7, 11) is 0. The van der Waals surface area contributed by atoms with Crippen LogP contribution in [0, 0.1) is 5.92 Å². The lowest BCUT2D eigenvalue weighted by atomic mass is 9.83. The Balaban J connectivity index is 1.14. The Morgan fingerprint density at radius 3 is 2.51 bits per heavy atom. The monoisotopic (exact) mass is 501 g/mol. The zero-order valence-corrected chi connectivity index (χ0v) is 20.6. The Morgan fingerprint density at radius 1 is 1.03 bits per heavy atom. The lowest BCUT2D eigenvalue weighted by Crippen LogP contribution is -2.64. The molecule has 1 fully saturated rings. The molecule has 2 aliphatic rings. The molecule has 1 aliphatic carbocycles. The van der Waals surface area contributed by atoms with Crippen molar-refractivity contribution >= 4 is 17.6 Å². The van der Waals surface area contributed by atoms with Gasteiger partial charge < -0.3 is 15.8 Å². The SMILES string of the molecule is NC(=O)C1(NC(=O)C2CCC(n3cc(CCC(=O)c4ccccc4)nn3)CC2)COc2ccccc2C1. The van der Waals surface area contributed by atoms with Gasteiger partial charge in [0, 0.05) is 36.9 Å². The molecule has 0 spiro atoms. The van der Waals surface area contributed by atoms with Gasteiger partial charge in [0.15, 0.2) is 11.3 Å². The highest BCUT2D eigenvalue weighted by Gasteiger charge is 2.44. The molecule has 5 rings (SSSR count). The van der Waals surface area contributed by atoms with Crippen LogP contribution in [0.3, 0.4) is 0 Å². The third kappa shape index (κ3) is 5.40. The summed E-state index contributed by atoms with van der Waals surface area (Å²) in [5, 5.41) is 11.5. The molecule has 1 aromatic heterocycles. The van der Waals surface area contributed by atoms with Gasteiger partial charge in [0.25, 0.3) is 0 Å².